The van der Waals surface area contributed by atoms with Gasteiger partial charge in [-0.25, -0.2) is 9.18 Å². The summed E-state index contributed by atoms with van der Waals surface area (Å²) in [5.74, 6) is -4.51. The first-order valence-electron chi connectivity index (χ1n) is 10.4. The molecule has 0 aromatic rings. The van der Waals surface area contributed by atoms with E-state index >= 15 is 4.39 Å². The molecule has 3 N–H and O–H groups in total. The van der Waals surface area contributed by atoms with Gasteiger partial charge < -0.3 is 15.3 Å². The van der Waals surface area contributed by atoms with Gasteiger partial charge in [-0.2, -0.15) is 0 Å². The van der Waals surface area contributed by atoms with Crippen molar-refractivity contribution in [1.29, 1.82) is 0 Å². The molecule has 3 fully saturated rings. The molecule has 0 radical (unpaired) electrons. The Balaban J connectivity index is 1.81. The molecule has 4 aliphatic carbocycles. The highest BCUT2D eigenvalue weighted by molar-refractivity contribution is 6.36. The van der Waals surface area contributed by atoms with E-state index < -0.39 is 46.4 Å². The molecule has 0 bridgehead atoms. The second kappa shape index (κ2) is 6.20. The average Bonchev–Trinajstić information content (AvgIpc) is 2.83. The van der Waals surface area contributed by atoms with E-state index in [0.29, 0.717) is 24.8 Å². The number of Topliss-reactive ketones (excluding diaryl/α,β-unsaturated/α-hetero) is 1. The molecule has 0 heterocycles. The van der Waals surface area contributed by atoms with Gasteiger partial charge in [-0.05, 0) is 66.4 Å². The Hall–Kier alpha value is -1.60. The molecular weight excluding hydrogens is 379 g/mol. The lowest BCUT2D eigenvalue weighted by Gasteiger charge is -2.60. The Morgan fingerprint density at radius 2 is 1.90 bits per heavy atom. The molecule has 6 nitrogen and oxygen atoms in total. The monoisotopic (exact) mass is 408 g/mol. The normalized spacial score (nSPS) is 51.5. The van der Waals surface area contributed by atoms with E-state index in [-0.39, 0.29) is 36.4 Å². The lowest BCUT2D eigenvalue weighted by atomic mass is 9.45. The lowest BCUT2D eigenvalue weighted by molar-refractivity contribution is -0.192. The molecule has 0 aliphatic heterocycles. The molecule has 3 saturated carbocycles. The number of carboxylic acid groups (broad SMARTS) is 1. The van der Waals surface area contributed by atoms with Gasteiger partial charge in [-0.1, -0.05) is 20.8 Å². The quantitative estimate of drug-likeness (QED) is 0.603. The van der Waals surface area contributed by atoms with Gasteiger partial charge in [0, 0.05) is 11.8 Å². The van der Waals surface area contributed by atoms with Crippen LogP contribution < -0.4 is 0 Å². The van der Waals surface area contributed by atoms with Crippen molar-refractivity contribution in [2.75, 3.05) is 0 Å². The summed E-state index contributed by atoms with van der Waals surface area (Å²) >= 11 is 0. The Bertz CT molecular complexity index is 822. The molecule has 0 aromatic heterocycles. The first kappa shape index (κ1) is 20.7. The highest BCUT2D eigenvalue weighted by Gasteiger charge is 2.72. The first-order chi connectivity index (χ1) is 13.4. The van der Waals surface area contributed by atoms with Crippen LogP contribution in [0.15, 0.2) is 11.6 Å². The molecule has 0 spiro atoms. The predicted molar refractivity (Wildman–Crippen MR) is 101 cm³/mol. The minimum atomic E-state index is -2.10. The molecular formula is C22H29FO6. The summed E-state index contributed by atoms with van der Waals surface area (Å²) in [5, 5.41) is 31.9. The third kappa shape index (κ3) is 2.43. The first-order valence-corrected chi connectivity index (χ1v) is 10.4. The number of halogens is 1. The van der Waals surface area contributed by atoms with Crippen LogP contribution in [0.25, 0.3) is 0 Å². The fourth-order valence-electron chi connectivity index (χ4n) is 7.67. The van der Waals surface area contributed by atoms with Gasteiger partial charge in [0.15, 0.2) is 5.78 Å². The van der Waals surface area contributed by atoms with Crippen LogP contribution in [0.1, 0.15) is 52.9 Å². The van der Waals surface area contributed by atoms with Crippen molar-refractivity contribution in [1.82, 2.24) is 0 Å². The summed E-state index contributed by atoms with van der Waals surface area (Å²) in [5.41, 5.74) is -3.44. The molecule has 9 atom stereocenters. The van der Waals surface area contributed by atoms with Crippen LogP contribution in [0.2, 0.25) is 0 Å². The van der Waals surface area contributed by atoms with Gasteiger partial charge in [0.05, 0.1) is 6.10 Å². The number of carbonyl (C=O) groups excluding carboxylic acids is 2. The van der Waals surface area contributed by atoms with Gasteiger partial charge in [-0.15, -0.1) is 0 Å². The number of carbonyl (C=O) groups is 3. The molecule has 0 saturated heterocycles. The summed E-state index contributed by atoms with van der Waals surface area (Å²) in [6, 6.07) is 0. The second-order valence-electron chi connectivity index (χ2n) is 10.2. The Morgan fingerprint density at radius 3 is 2.52 bits per heavy atom. The van der Waals surface area contributed by atoms with Crippen LogP contribution in [-0.4, -0.2) is 50.7 Å². The number of aliphatic carboxylic acids is 1. The largest absolute Gasteiger partial charge is 0.475 e. The number of aliphatic hydroxyl groups excluding tert-OH is 1. The van der Waals surface area contributed by atoms with Crippen LogP contribution in [0.4, 0.5) is 4.39 Å². The van der Waals surface area contributed by atoms with Crippen LogP contribution >= 0.6 is 0 Å². The van der Waals surface area contributed by atoms with Gasteiger partial charge in [0.2, 0.25) is 0 Å². The number of fused-ring (bicyclic) bond motifs is 5. The number of hydrogen-bond donors (Lipinski definition) is 3. The molecule has 0 amide bonds. The van der Waals surface area contributed by atoms with Crippen molar-refractivity contribution in [3.05, 3.63) is 11.6 Å². The molecule has 7 heteroatoms. The molecule has 0 aromatic carbocycles. The Kier molecular flexibility index (Phi) is 4.42. The number of ketones is 2. The third-order valence-corrected chi connectivity index (χ3v) is 8.99. The van der Waals surface area contributed by atoms with Crippen LogP contribution in [-0.2, 0) is 14.4 Å². The smallest absolute Gasteiger partial charge is 0.375 e. The summed E-state index contributed by atoms with van der Waals surface area (Å²) in [6.07, 6.45) is 0.532. The molecule has 4 rings (SSSR count). The predicted octanol–water partition coefficient (Wildman–Crippen LogP) is 2.07. The molecule has 29 heavy (non-hydrogen) atoms. The number of alkyl halides is 1. The summed E-state index contributed by atoms with van der Waals surface area (Å²) in [6.45, 7) is 5.24. The fourth-order valence-corrected chi connectivity index (χ4v) is 7.67. The average molecular weight is 408 g/mol. The van der Waals surface area contributed by atoms with Gasteiger partial charge in [0.25, 0.3) is 5.78 Å². The standard InChI is InChI=1S/C22H29FO6/c1-10-6-13-12-8-15(23)14-7-11(24)4-5-20(14,2)17(12)16(25)9-21(13,3)22(10,29)18(26)19(27)28/h7,10,12-13,15-17,25,29H,4-6,8-9H2,1-3H3,(H,27,28)/t10-,12+,13+,15+,16+,17-,20+,21+,22+/m1/s1. The van der Waals surface area contributed by atoms with E-state index in [1.165, 1.54) is 6.08 Å². The van der Waals surface area contributed by atoms with Crippen molar-refractivity contribution < 1.29 is 34.1 Å². The van der Waals surface area contributed by atoms with Crippen molar-refractivity contribution >= 4 is 17.5 Å². The molecule has 160 valence electrons. The fraction of sp³-hybridized carbons (Fsp3) is 0.773. The van der Waals surface area contributed by atoms with Gasteiger partial charge in [0.1, 0.15) is 11.8 Å². The maximum Gasteiger partial charge on any atom is 0.375 e. The minimum Gasteiger partial charge on any atom is -0.475 e. The summed E-state index contributed by atoms with van der Waals surface area (Å²) in [4.78, 5) is 35.9. The van der Waals surface area contributed by atoms with Gasteiger partial charge in [-0.3, -0.25) is 9.59 Å². The van der Waals surface area contributed by atoms with E-state index in [4.69, 9.17) is 0 Å². The SMILES string of the molecule is C[C@@H]1C[C@H]2[C@@H]3C[C@H](F)C4=CC(=O)CC[C@]4(C)[C@H]3[C@@H](O)C[C@]2(C)[C@@]1(O)C(=O)C(=O)O. The number of carboxylic acids is 1. The van der Waals surface area contributed by atoms with Crippen LogP contribution in [0.3, 0.4) is 0 Å². The number of aliphatic hydroxyl groups is 2. The van der Waals surface area contributed by atoms with E-state index in [1.807, 2.05) is 6.92 Å². The molecule has 0 unspecified atom stereocenters. The number of hydrogen-bond acceptors (Lipinski definition) is 5. The van der Waals surface area contributed by atoms with Crippen LogP contribution in [0.5, 0.6) is 0 Å². The van der Waals surface area contributed by atoms with E-state index in [1.54, 1.807) is 13.8 Å². The number of allylic oxidation sites excluding steroid dienone is 1. The van der Waals surface area contributed by atoms with E-state index in [0.717, 1.165) is 0 Å². The highest BCUT2D eigenvalue weighted by atomic mass is 19.1. The maximum atomic E-state index is 15.3. The second-order valence-corrected chi connectivity index (χ2v) is 10.2. The Labute approximate surface area is 169 Å². The van der Waals surface area contributed by atoms with Crippen molar-refractivity contribution in [2.24, 2.45) is 34.5 Å². The molecule has 4 aliphatic rings. The van der Waals surface area contributed by atoms with Crippen molar-refractivity contribution in [3.63, 3.8) is 0 Å². The topological polar surface area (TPSA) is 112 Å². The maximum absolute atomic E-state index is 15.3. The highest BCUT2D eigenvalue weighted by Crippen LogP contribution is 2.69. The Morgan fingerprint density at radius 1 is 1.24 bits per heavy atom. The zero-order chi connectivity index (χ0) is 21.5. The third-order valence-electron chi connectivity index (χ3n) is 8.99. The zero-order valence-corrected chi connectivity index (χ0v) is 17.0. The zero-order valence-electron chi connectivity index (χ0n) is 17.0. The lowest BCUT2D eigenvalue weighted by Crippen LogP contribution is -2.64. The van der Waals surface area contributed by atoms with Crippen molar-refractivity contribution in [2.45, 2.75) is 70.8 Å². The van der Waals surface area contributed by atoms with Crippen LogP contribution in [0, 0.1) is 34.5 Å². The number of rotatable bonds is 2. The van der Waals surface area contributed by atoms with Crippen molar-refractivity contribution in [3.8, 4) is 0 Å². The summed E-state index contributed by atoms with van der Waals surface area (Å²) < 4.78 is 15.3. The summed E-state index contributed by atoms with van der Waals surface area (Å²) in [7, 11) is 0. The van der Waals surface area contributed by atoms with Gasteiger partial charge >= 0.3 is 5.97 Å². The van der Waals surface area contributed by atoms with E-state index in [9.17, 15) is 29.7 Å². The van der Waals surface area contributed by atoms with E-state index in [2.05, 4.69) is 0 Å². The minimum absolute atomic E-state index is 0.0759.